The first-order valence-corrected chi connectivity index (χ1v) is 15.5. The van der Waals surface area contributed by atoms with E-state index in [4.69, 9.17) is 15.2 Å². The lowest BCUT2D eigenvalue weighted by atomic mass is 9.85. The maximum Gasteiger partial charge on any atom is 0.427 e. The van der Waals surface area contributed by atoms with E-state index >= 15 is 4.39 Å². The van der Waals surface area contributed by atoms with Gasteiger partial charge >= 0.3 is 18.4 Å². The second-order valence-electron chi connectivity index (χ2n) is 13.4. The highest BCUT2D eigenvalue weighted by atomic mass is 19.4. The number of nitrogens with zero attached hydrogens (tertiary/aromatic N) is 5. The summed E-state index contributed by atoms with van der Waals surface area (Å²) >= 11 is 0. The molecule has 5 aliphatic rings. The van der Waals surface area contributed by atoms with Gasteiger partial charge in [0.25, 0.3) is 5.92 Å². The summed E-state index contributed by atoms with van der Waals surface area (Å²) in [5.74, 6) is -7.13. The van der Waals surface area contributed by atoms with Gasteiger partial charge in [-0.25, -0.2) is 22.5 Å². The van der Waals surface area contributed by atoms with E-state index in [1.807, 2.05) is 0 Å². The van der Waals surface area contributed by atoms with E-state index in [1.165, 1.54) is 9.80 Å². The van der Waals surface area contributed by atoms with Crippen LogP contribution in [-0.4, -0.2) is 88.0 Å². The normalized spacial score (nSPS) is 28.9. The maximum absolute atomic E-state index is 16.7. The number of piperazine rings is 1. The fraction of sp³-hybridized carbons (Fsp3) is 0.567. The summed E-state index contributed by atoms with van der Waals surface area (Å²) in [6, 6.07) is -2.65. The Hall–Kier alpha value is -3.87. The fourth-order valence-electron chi connectivity index (χ4n) is 8.17. The maximum atomic E-state index is 16.7. The Bertz CT molecular complexity index is 1890. The van der Waals surface area contributed by atoms with Gasteiger partial charge in [0.05, 0.1) is 29.4 Å². The lowest BCUT2D eigenvalue weighted by Crippen LogP contribution is -2.66. The molecule has 1 unspecified atom stereocenters. The summed E-state index contributed by atoms with van der Waals surface area (Å²) in [7, 11) is 0. The first-order chi connectivity index (χ1) is 22.9. The van der Waals surface area contributed by atoms with Crippen molar-refractivity contribution in [1.82, 2.24) is 25.2 Å². The first kappa shape index (κ1) is 32.3. The Balaban J connectivity index is 1.36. The van der Waals surface area contributed by atoms with E-state index < -0.39 is 117 Å². The molecule has 7 heterocycles. The zero-order chi connectivity index (χ0) is 35.0. The van der Waals surface area contributed by atoms with Crippen LogP contribution in [0.4, 0.5) is 55.4 Å². The highest BCUT2D eigenvalue weighted by Gasteiger charge is 2.60. The van der Waals surface area contributed by atoms with Crippen molar-refractivity contribution in [1.29, 1.82) is 0 Å². The molecule has 9 nitrogen and oxygen atoms in total. The van der Waals surface area contributed by atoms with Crippen molar-refractivity contribution in [2.75, 3.05) is 36.9 Å². The third-order valence-corrected chi connectivity index (χ3v) is 10.4. The minimum atomic E-state index is -5.28. The molecule has 2 bridgehead atoms. The largest absolute Gasteiger partial charge is 0.462 e. The molecule has 3 N–H and O–H groups in total. The van der Waals surface area contributed by atoms with Crippen LogP contribution < -0.4 is 25.4 Å². The third kappa shape index (κ3) is 4.92. The van der Waals surface area contributed by atoms with Crippen molar-refractivity contribution in [2.45, 2.75) is 80.7 Å². The number of hydrogen-bond acceptors (Lipinski definition) is 9. The minimum absolute atomic E-state index is 0.0404. The highest BCUT2D eigenvalue weighted by molar-refractivity contribution is 5.97. The average Bonchev–Trinajstić information content (AvgIpc) is 3.41. The molecule has 264 valence electrons. The Morgan fingerprint density at radius 2 is 1.84 bits per heavy atom. The smallest absolute Gasteiger partial charge is 0.427 e. The number of aromatic nitrogens is 3. The molecule has 0 spiro atoms. The van der Waals surface area contributed by atoms with Gasteiger partial charge < -0.3 is 25.4 Å². The molecule has 19 heteroatoms. The molecule has 0 saturated carbocycles. The quantitative estimate of drug-likeness (QED) is 0.274. The molecule has 0 radical (unpaired) electrons. The lowest BCUT2D eigenvalue weighted by molar-refractivity contribution is -0.203. The lowest BCUT2D eigenvalue weighted by Gasteiger charge is -2.46. The Morgan fingerprint density at radius 3 is 2.49 bits per heavy atom. The van der Waals surface area contributed by atoms with Gasteiger partial charge in [0.1, 0.15) is 34.8 Å². The molecule has 8 rings (SSSR count). The zero-order valence-electron chi connectivity index (χ0n) is 25.5. The van der Waals surface area contributed by atoms with E-state index in [-0.39, 0.29) is 25.0 Å². The van der Waals surface area contributed by atoms with Crippen LogP contribution in [0.5, 0.6) is 11.9 Å². The number of halogens is 10. The van der Waals surface area contributed by atoms with E-state index in [9.17, 15) is 39.5 Å². The molecule has 4 fully saturated rings. The van der Waals surface area contributed by atoms with Gasteiger partial charge in [-0.05, 0) is 37.8 Å². The van der Waals surface area contributed by atoms with Gasteiger partial charge in [-0.15, -0.1) is 0 Å². The van der Waals surface area contributed by atoms with Gasteiger partial charge in [-0.1, -0.05) is 0 Å². The molecule has 3 aromatic rings. The fourth-order valence-corrected chi connectivity index (χ4v) is 8.17. The monoisotopic (exact) mass is 707 g/mol. The van der Waals surface area contributed by atoms with Crippen LogP contribution in [0.2, 0.25) is 0 Å². The second kappa shape index (κ2) is 10.3. The van der Waals surface area contributed by atoms with Crippen LogP contribution in [0.25, 0.3) is 22.2 Å². The Kier molecular flexibility index (Phi) is 6.82. The second-order valence-corrected chi connectivity index (χ2v) is 13.4. The summed E-state index contributed by atoms with van der Waals surface area (Å²) < 4.78 is 159. The van der Waals surface area contributed by atoms with Crippen LogP contribution in [0.1, 0.15) is 36.8 Å². The Labute approximate surface area is 270 Å². The van der Waals surface area contributed by atoms with Crippen molar-refractivity contribution >= 4 is 22.4 Å². The third-order valence-electron chi connectivity index (χ3n) is 10.4. The number of nitrogens with two attached hydrogens (primary N) is 1. The van der Waals surface area contributed by atoms with E-state index in [2.05, 4.69) is 20.3 Å². The number of anilines is 2. The van der Waals surface area contributed by atoms with Gasteiger partial charge in [-0.2, -0.15) is 36.3 Å². The molecule has 4 saturated heterocycles. The predicted molar refractivity (Wildman–Crippen MR) is 152 cm³/mol. The topological polar surface area (TPSA) is 102 Å². The van der Waals surface area contributed by atoms with E-state index in [0.717, 1.165) is 6.92 Å². The van der Waals surface area contributed by atoms with Crippen LogP contribution >= 0.6 is 0 Å². The number of rotatable bonds is 4. The molecule has 5 atom stereocenters. The predicted octanol–water partition coefficient (Wildman–Crippen LogP) is 5.37. The summed E-state index contributed by atoms with van der Waals surface area (Å²) in [4.78, 5) is 15.1. The average molecular weight is 708 g/mol. The SMILES string of the molecule is Cc1c(F)c(N)cc(-c2nc3c4c(nc(OC[C@@]56CCN5CC(F)(F)C6)nc4c2F)N2C[C@H]4CC[C@H](N4)[C@H]2C(C(F)(F)F)O3)c1C(F)(F)F. The van der Waals surface area contributed by atoms with Crippen LogP contribution in [-0.2, 0) is 6.18 Å². The van der Waals surface area contributed by atoms with Crippen molar-refractivity contribution in [3.8, 4) is 23.1 Å². The number of alkyl halides is 8. The van der Waals surface area contributed by atoms with Crippen molar-refractivity contribution < 1.29 is 53.4 Å². The summed E-state index contributed by atoms with van der Waals surface area (Å²) in [5.41, 5.74) is -1.90. The minimum Gasteiger partial charge on any atom is -0.462 e. The van der Waals surface area contributed by atoms with Crippen molar-refractivity contribution in [2.24, 2.45) is 0 Å². The summed E-state index contributed by atoms with van der Waals surface area (Å²) in [5, 5.41) is 2.67. The van der Waals surface area contributed by atoms with Gasteiger partial charge in [-0.3, -0.25) is 4.90 Å². The highest BCUT2D eigenvalue weighted by Crippen LogP contribution is 2.50. The van der Waals surface area contributed by atoms with Crippen LogP contribution in [0, 0.1) is 18.6 Å². The van der Waals surface area contributed by atoms with Crippen molar-refractivity contribution in [3.63, 3.8) is 0 Å². The zero-order valence-corrected chi connectivity index (χ0v) is 25.5. The molecule has 5 aliphatic heterocycles. The van der Waals surface area contributed by atoms with Crippen molar-refractivity contribution in [3.05, 3.63) is 28.8 Å². The van der Waals surface area contributed by atoms with Gasteiger partial charge in [0.2, 0.25) is 12.0 Å². The van der Waals surface area contributed by atoms with E-state index in [1.54, 1.807) is 0 Å². The number of nitrogen functional groups attached to an aromatic ring is 1. The first-order valence-electron chi connectivity index (χ1n) is 15.5. The van der Waals surface area contributed by atoms with Gasteiger partial charge in [0, 0.05) is 37.2 Å². The summed E-state index contributed by atoms with van der Waals surface area (Å²) in [6.07, 6.45) is -12.3. The number of hydrogen-bond donors (Lipinski definition) is 2. The number of fused-ring (bicyclic) bond motifs is 6. The van der Waals surface area contributed by atoms with Gasteiger partial charge in [0.15, 0.2) is 5.82 Å². The molecular formula is C30H27F10N7O2. The standard InChI is InChI=1S/C30H27F10N7O2/c1-11-17(29(35,36)37)13(6-14(41)18(11)31)20-19(32)21-16-24(45-26(44-21)48-10-27-4-5-46(27)9-28(33,34)8-27)47-7-12-2-3-15(42-12)22(47)23(30(38,39)40)49-25(16)43-20/h6,12,15,22-23,42H,2-5,7-10,41H2,1H3/t12-,15+,22+,23?,27+/m1/s1. The number of benzene rings is 1. The Morgan fingerprint density at radius 1 is 1.08 bits per heavy atom. The molecule has 2 aromatic heterocycles. The molecule has 49 heavy (non-hydrogen) atoms. The number of nitrogens with one attached hydrogen (secondary N) is 1. The number of ether oxygens (including phenoxy) is 2. The van der Waals surface area contributed by atoms with E-state index in [0.29, 0.717) is 31.9 Å². The molecular weight excluding hydrogens is 680 g/mol. The summed E-state index contributed by atoms with van der Waals surface area (Å²) in [6.45, 7) is 0.227. The number of pyridine rings is 1. The van der Waals surface area contributed by atoms with Crippen LogP contribution in [0.3, 0.4) is 0 Å². The molecule has 0 amide bonds. The molecule has 1 aromatic carbocycles. The molecule has 0 aliphatic carbocycles. The van der Waals surface area contributed by atoms with Crippen LogP contribution in [0.15, 0.2) is 6.07 Å².